The van der Waals surface area contributed by atoms with E-state index >= 15 is 0 Å². The summed E-state index contributed by atoms with van der Waals surface area (Å²) in [5, 5.41) is 3.44. The quantitative estimate of drug-likeness (QED) is 0.861. The first-order valence-corrected chi connectivity index (χ1v) is 7.29. The molecule has 0 aliphatic rings. The van der Waals surface area contributed by atoms with Crippen molar-refractivity contribution in [2.75, 3.05) is 13.2 Å². The molecule has 0 heterocycles. The fraction of sp³-hybridized carbons (Fsp3) is 0.333. The summed E-state index contributed by atoms with van der Waals surface area (Å²) in [5.41, 5.74) is 3.75. The van der Waals surface area contributed by atoms with Gasteiger partial charge in [-0.25, -0.2) is 4.39 Å². The third-order valence-electron chi connectivity index (χ3n) is 3.48. The van der Waals surface area contributed by atoms with Crippen molar-refractivity contribution in [2.45, 2.75) is 26.8 Å². The van der Waals surface area contributed by atoms with Crippen LogP contribution in [-0.4, -0.2) is 13.2 Å². The molecule has 0 aromatic heterocycles. The molecular weight excluding hydrogens is 265 g/mol. The van der Waals surface area contributed by atoms with Gasteiger partial charge in [0.25, 0.3) is 0 Å². The van der Waals surface area contributed by atoms with E-state index < -0.39 is 0 Å². The average molecular weight is 287 g/mol. The molecule has 0 aliphatic carbocycles. The highest BCUT2D eigenvalue weighted by atomic mass is 19.1. The molecule has 21 heavy (non-hydrogen) atoms. The summed E-state index contributed by atoms with van der Waals surface area (Å²) in [6.07, 6.45) is 0. The number of hydrogen-bond acceptors (Lipinski definition) is 2. The number of ether oxygens (including phenoxy) is 1. The van der Waals surface area contributed by atoms with Crippen molar-refractivity contribution in [2.24, 2.45) is 0 Å². The van der Waals surface area contributed by atoms with Crippen molar-refractivity contribution < 1.29 is 9.13 Å². The molecule has 0 radical (unpaired) electrons. The number of aryl methyl sites for hydroxylation is 2. The maximum atomic E-state index is 12.9. The third kappa shape index (κ3) is 4.30. The van der Waals surface area contributed by atoms with E-state index in [1.165, 1.54) is 28.8 Å². The molecule has 112 valence electrons. The topological polar surface area (TPSA) is 21.3 Å². The Morgan fingerprint density at radius 1 is 1.10 bits per heavy atom. The first-order chi connectivity index (χ1) is 10.1. The molecule has 1 N–H and O–H groups in total. The Labute approximate surface area is 126 Å². The third-order valence-corrected chi connectivity index (χ3v) is 3.48. The maximum absolute atomic E-state index is 12.9. The van der Waals surface area contributed by atoms with E-state index in [0.29, 0.717) is 12.4 Å². The van der Waals surface area contributed by atoms with Crippen LogP contribution in [0.2, 0.25) is 0 Å². The summed E-state index contributed by atoms with van der Waals surface area (Å²) in [5.74, 6) is 0.434. The summed E-state index contributed by atoms with van der Waals surface area (Å²) in [6, 6.07) is 12.7. The largest absolute Gasteiger partial charge is 0.492 e. The minimum atomic E-state index is -0.250. The number of nitrogens with one attached hydrogen (secondary N) is 1. The smallest absolute Gasteiger partial charge is 0.123 e. The van der Waals surface area contributed by atoms with E-state index in [2.05, 4.69) is 44.3 Å². The predicted octanol–water partition coefficient (Wildman–Crippen LogP) is 4.17. The molecule has 2 aromatic carbocycles. The van der Waals surface area contributed by atoms with Gasteiger partial charge in [-0.15, -0.1) is 0 Å². The minimum absolute atomic E-state index is 0.126. The predicted molar refractivity (Wildman–Crippen MR) is 84.2 cm³/mol. The summed E-state index contributed by atoms with van der Waals surface area (Å²) >= 11 is 0. The second-order valence-corrected chi connectivity index (χ2v) is 5.24. The van der Waals surface area contributed by atoms with Gasteiger partial charge in [0.1, 0.15) is 18.2 Å². The normalized spacial score (nSPS) is 12.2. The highest BCUT2D eigenvalue weighted by Crippen LogP contribution is 2.21. The van der Waals surface area contributed by atoms with Crippen LogP contribution in [0.4, 0.5) is 4.39 Å². The highest BCUT2D eigenvalue weighted by Gasteiger charge is 2.13. The van der Waals surface area contributed by atoms with Crippen molar-refractivity contribution in [3.8, 4) is 5.75 Å². The van der Waals surface area contributed by atoms with Gasteiger partial charge in [0.2, 0.25) is 0 Å². The number of halogens is 1. The fourth-order valence-corrected chi connectivity index (χ4v) is 2.43. The number of hydrogen-bond donors (Lipinski definition) is 1. The summed E-state index contributed by atoms with van der Waals surface area (Å²) in [4.78, 5) is 0. The Kier molecular flexibility index (Phi) is 5.34. The van der Waals surface area contributed by atoms with E-state index in [9.17, 15) is 4.39 Å². The van der Waals surface area contributed by atoms with Gasteiger partial charge in [0.05, 0.1) is 6.04 Å². The van der Waals surface area contributed by atoms with Crippen molar-refractivity contribution in [1.29, 1.82) is 0 Å². The van der Waals surface area contributed by atoms with Crippen LogP contribution >= 0.6 is 0 Å². The molecule has 0 saturated carbocycles. The molecule has 0 saturated heterocycles. The van der Waals surface area contributed by atoms with Crippen LogP contribution in [0.1, 0.15) is 29.7 Å². The Bertz CT molecular complexity index is 580. The van der Waals surface area contributed by atoms with Gasteiger partial charge in [-0.1, -0.05) is 30.7 Å². The Morgan fingerprint density at radius 3 is 2.43 bits per heavy atom. The van der Waals surface area contributed by atoms with Crippen LogP contribution in [0.25, 0.3) is 0 Å². The average Bonchev–Trinajstić information content (AvgIpc) is 2.46. The molecule has 0 aliphatic heterocycles. The zero-order valence-electron chi connectivity index (χ0n) is 12.8. The standard InChI is InChI=1S/C18H22FNO/c1-4-20-18(17-10-5-13(2)11-14(17)3)12-21-16-8-6-15(19)7-9-16/h5-11,18,20H,4,12H2,1-3H3. The second-order valence-electron chi connectivity index (χ2n) is 5.24. The van der Waals surface area contributed by atoms with Gasteiger partial charge in [-0.05, 0) is 55.8 Å². The zero-order valence-corrected chi connectivity index (χ0v) is 12.8. The van der Waals surface area contributed by atoms with Crippen molar-refractivity contribution in [3.05, 3.63) is 65.0 Å². The molecule has 0 fully saturated rings. The zero-order chi connectivity index (χ0) is 15.2. The molecule has 0 bridgehead atoms. The molecule has 0 amide bonds. The van der Waals surface area contributed by atoms with Gasteiger partial charge in [-0.3, -0.25) is 0 Å². The van der Waals surface area contributed by atoms with E-state index in [-0.39, 0.29) is 11.9 Å². The van der Waals surface area contributed by atoms with Crippen LogP contribution in [0.15, 0.2) is 42.5 Å². The molecule has 2 rings (SSSR count). The van der Waals surface area contributed by atoms with Gasteiger partial charge in [0.15, 0.2) is 0 Å². The van der Waals surface area contributed by atoms with Crippen LogP contribution in [-0.2, 0) is 0 Å². The lowest BCUT2D eigenvalue weighted by molar-refractivity contribution is 0.267. The molecule has 2 nitrogen and oxygen atoms in total. The van der Waals surface area contributed by atoms with Crippen LogP contribution in [0.5, 0.6) is 5.75 Å². The fourth-order valence-electron chi connectivity index (χ4n) is 2.43. The molecule has 2 aromatic rings. The van der Waals surface area contributed by atoms with Gasteiger partial charge in [0, 0.05) is 0 Å². The lowest BCUT2D eigenvalue weighted by Crippen LogP contribution is -2.27. The highest BCUT2D eigenvalue weighted by molar-refractivity contribution is 5.33. The number of benzene rings is 2. The molecule has 0 spiro atoms. The van der Waals surface area contributed by atoms with Crippen LogP contribution < -0.4 is 10.1 Å². The minimum Gasteiger partial charge on any atom is -0.492 e. The van der Waals surface area contributed by atoms with Crippen LogP contribution in [0.3, 0.4) is 0 Å². The van der Waals surface area contributed by atoms with E-state index in [1.54, 1.807) is 12.1 Å². The molecule has 1 unspecified atom stereocenters. The first kappa shape index (κ1) is 15.5. The lowest BCUT2D eigenvalue weighted by atomic mass is 9.99. The van der Waals surface area contributed by atoms with Crippen LogP contribution in [0, 0.1) is 19.7 Å². The SMILES string of the molecule is CCNC(COc1ccc(F)cc1)c1ccc(C)cc1C. The van der Waals surface area contributed by atoms with Crippen molar-refractivity contribution in [3.63, 3.8) is 0 Å². The van der Waals surface area contributed by atoms with Crippen molar-refractivity contribution in [1.82, 2.24) is 5.32 Å². The Hall–Kier alpha value is -1.87. The van der Waals surface area contributed by atoms with Crippen molar-refractivity contribution >= 4 is 0 Å². The maximum Gasteiger partial charge on any atom is 0.123 e. The lowest BCUT2D eigenvalue weighted by Gasteiger charge is -2.21. The summed E-state index contributed by atoms with van der Waals surface area (Å²) in [6.45, 7) is 7.67. The van der Waals surface area contributed by atoms with E-state index in [4.69, 9.17) is 4.74 Å². The number of likely N-dealkylation sites (N-methyl/N-ethyl adjacent to an activating group) is 1. The summed E-state index contributed by atoms with van der Waals surface area (Å²) in [7, 11) is 0. The molecule has 3 heteroatoms. The van der Waals surface area contributed by atoms with Gasteiger partial charge in [-0.2, -0.15) is 0 Å². The monoisotopic (exact) mass is 287 g/mol. The van der Waals surface area contributed by atoms with E-state index in [1.807, 2.05) is 0 Å². The molecular formula is C18H22FNO. The summed E-state index contributed by atoms with van der Waals surface area (Å²) < 4.78 is 18.7. The van der Waals surface area contributed by atoms with Gasteiger partial charge < -0.3 is 10.1 Å². The van der Waals surface area contributed by atoms with Gasteiger partial charge >= 0.3 is 0 Å². The first-order valence-electron chi connectivity index (χ1n) is 7.29. The Morgan fingerprint density at radius 2 is 1.81 bits per heavy atom. The second kappa shape index (κ2) is 7.23. The number of rotatable bonds is 6. The molecule has 1 atom stereocenters. The Balaban J connectivity index is 2.09. The van der Waals surface area contributed by atoms with E-state index in [0.717, 1.165) is 6.54 Å².